The second-order valence-corrected chi connectivity index (χ2v) is 5.96. The summed E-state index contributed by atoms with van der Waals surface area (Å²) in [5, 5.41) is 1.35. The van der Waals surface area contributed by atoms with Gasteiger partial charge in [0.15, 0.2) is 5.43 Å². The molecule has 1 heterocycles. The van der Waals surface area contributed by atoms with E-state index in [4.69, 9.17) is 16.3 Å². The van der Waals surface area contributed by atoms with E-state index in [1.54, 1.807) is 30.3 Å². The topological polar surface area (TPSA) is 42.1 Å². The fourth-order valence-electron chi connectivity index (χ4n) is 2.98. The van der Waals surface area contributed by atoms with Gasteiger partial charge in [0.1, 0.15) is 11.5 Å². The lowest BCUT2D eigenvalue weighted by Crippen LogP contribution is -2.10. The quantitative estimate of drug-likeness (QED) is 0.759. The minimum Gasteiger partial charge on any atom is -0.457 e. The van der Waals surface area contributed by atoms with Crippen LogP contribution in [0.2, 0.25) is 5.02 Å². The molecule has 0 fully saturated rings. The van der Waals surface area contributed by atoms with Gasteiger partial charge in [-0.05, 0) is 61.7 Å². The predicted octanol–water partition coefficient (Wildman–Crippen LogP) is 4.46. The molecule has 110 valence electrons. The standard InChI is InChI=1S/C18H14ClNO2/c19-11-4-6-12(7-5-11)22-13-8-9-17-15(10-13)18(21)14-2-1-3-16(14)20-17/h4-10H,1-3H2,(H,20,21). The number of halogens is 1. The number of aromatic nitrogens is 1. The normalized spacial score (nSPS) is 13.3. The lowest BCUT2D eigenvalue weighted by atomic mass is 10.1. The number of aromatic amines is 1. The van der Waals surface area contributed by atoms with Crippen LogP contribution in [0.25, 0.3) is 10.9 Å². The minimum atomic E-state index is 0.128. The summed E-state index contributed by atoms with van der Waals surface area (Å²) >= 11 is 5.87. The van der Waals surface area contributed by atoms with Crippen molar-refractivity contribution in [1.82, 2.24) is 4.98 Å². The van der Waals surface area contributed by atoms with Crippen LogP contribution in [0.1, 0.15) is 17.7 Å². The first-order valence-corrected chi connectivity index (χ1v) is 7.70. The molecule has 0 amide bonds. The van der Waals surface area contributed by atoms with Gasteiger partial charge in [0, 0.05) is 27.2 Å². The third-order valence-electron chi connectivity index (χ3n) is 4.06. The highest BCUT2D eigenvalue weighted by molar-refractivity contribution is 6.30. The second kappa shape index (κ2) is 5.18. The van der Waals surface area contributed by atoms with Crippen molar-refractivity contribution in [2.75, 3.05) is 0 Å². The van der Waals surface area contributed by atoms with E-state index in [9.17, 15) is 4.79 Å². The molecule has 2 aromatic carbocycles. The van der Waals surface area contributed by atoms with Crippen LogP contribution in [0.4, 0.5) is 0 Å². The van der Waals surface area contributed by atoms with Crippen molar-refractivity contribution in [3.8, 4) is 11.5 Å². The van der Waals surface area contributed by atoms with Crippen molar-refractivity contribution in [1.29, 1.82) is 0 Å². The van der Waals surface area contributed by atoms with Crippen LogP contribution < -0.4 is 10.2 Å². The average molecular weight is 312 g/mol. The van der Waals surface area contributed by atoms with Crippen molar-refractivity contribution < 1.29 is 4.74 Å². The van der Waals surface area contributed by atoms with Crippen LogP contribution in [-0.2, 0) is 12.8 Å². The fourth-order valence-corrected chi connectivity index (χ4v) is 3.11. The fraction of sp³-hybridized carbons (Fsp3) is 0.167. The molecule has 0 unspecified atom stereocenters. The Morgan fingerprint density at radius 1 is 1.00 bits per heavy atom. The SMILES string of the molecule is O=c1c2c([nH]c3ccc(Oc4ccc(Cl)cc4)cc13)CCC2. The van der Waals surface area contributed by atoms with Crippen molar-refractivity contribution >= 4 is 22.5 Å². The molecule has 4 rings (SSSR count). The van der Waals surface area contributed by atoms with Gasteiger partial charge in [0.2, 0.25) is 0 Å². The number of benzene rings is 2. The lowest BCUT2D eigenvalue weighted by Gasteiger charge is -2.08. The number of hydrogen-bond donors (Lipinski definition) is 1. The molecular weight excluding hydrogens is 298 g/mol. The van der Waals surface area contributed by atoms with Gasteiger partial charge in [0.05, 0.1) is 0 Å². The first-order valence-electron chi connectivity index (χ1n) is 7.32. The van der Waals surface area contributed by atoms with E-state index >= 15 is 0 Å². The van der Waals surface area contributed by atoms with Crippen LogP contribution in [0.5, 0.6) is 11.5 Å². The Morgan fingerprint density at radius 2 is 1.77 bits per heavy atom. The number of aryl methyl sites for hydroxylation is 1. The molecule has 3 nitrogen and oxygen atoms in total. The zero-order valence-electron chi connectivity index (χ0n) is 11.9. The number of nitrogens with one attached hydrogen (secondary N) is 1. The van der Waals surface area contributed by atoms with Crippen LogP contribution >= 0.6 is 11.6 Å². The van der Waals surface area contributed by atoms with Crippen molar-refractivity contribution in [2.45, 2.75) is 19.3 Å². The van der Waals surface area contributed by atoms with Gasteiger partial charge < -0.3 is 9.72 Å². The van der Waals surface area contributed by atoms with E-state index in [1.807, 2.05) is 12.1 Å². The van der Waals surface area contributed by atoms with Gasteiger partial charge in [-0.2, -0.15) is 0 Å². The monoisotopic (exact) mass is 311 g/mol. The summed E-state index contributed by atoms with van der Waals surface area (Å²) in [7, 11) is 0. The number of hydrogen-bond acceptors (Lipinski definition) is 2. The summed E-state index contributed by atoms with van der Waals surface area (Å²) in [6.45, 7) is 0. The Bertz CT molecular complexity index is 913. The zero-order chi connectivity index (χ0) is 15.1. The number of ether oxygens (including phenoxy) is 1. The molecule has 0 spiro atoms. The molecule has 1 aliphatic carbocycles. The second-order valence-electron chi connectivity index (χ2n) is 5.53. The molecule has 22 heavy (non-hydrogen) atoms. The Kier molecular flexibility index (Phi) is 3.16. The average Bonchev–Trinajstić information content (AvgIpc) is 2.99. The molecule has 0 atom stereocenters. The Hall–Kier alpha value is -2.26. The molecule has 1 aliphatic rings. The van der Waals surface area contributed by atoms with E-state index in [0.717, 1.165) is 36.0 Å². The number of fused-ring (bicyclic) bond motifs is 2. The van der Waals surface area contributed by atoms with Gasteiger partial charge in [-0.1, -0.05) is 11.6 Å². The summed E-state index contributed by atoms with van der Waals surface area (Å²) < 4.78 is 5.80. The zero-order valence-corrected chi connectivity index (χ0v) is 12.6. The highest BCUT2D eigenvalue weighted by atomic mass is 35.5. The molecule has 1 aromatic heterocycles. The Morgan fingerprint density at radius 3 is 2.59 bits per heavy atom. The Balaban J connectivity index is 1.77. The summed E-state index contributed by atoms with van der Waals surface area (Å²) in [5.74, 6) is 1.35. The van der Waals surface area contributed by atoms with E-state index in [1.165, 1.54) is 0 Å². The maximum absolute atomic E-state index is 12.6. The molecule has 0 bridgehead atoms. The summed E-state index contributed by atoms with van der Waals surface area (Å²) in [4.78, 5) is 16.0. The van der Waals surface area contributed by atoms with Gasteiger partial charge in [-0.25, -0.2) is 0 Å². The van der Waals surface area contributed by atoms with Crippen molar-refractivity contribution in [3.05, 3.63) is 69.0 Å². The first kappa shape index (κ1) is 13.4. The van der Waals surface area contributed by atoms with Crippen LogP contribution in [-0.4, -0.2) is 4.98 Å². The predicted molar refractivity (Wildman–Crippen MR) is 88.1 cm³/mol. The number of pyridine rings is 1. The minimum absolute atomic E-state index is 0.128. The molecule has 0 aliphatic heterocycles. The smallest absolute Gasteiger partial charge is 0.192 e. The molecule has 0 saturated heterocycles. The van der Waals surface area contributed by atoms with Crippen molar-refractivity contribution in [3.63, 3.8) is 0 Å². The highest BCUT2D eigenvalue weighted by Gasteiger charge is 2.17. The van der Waals surface area contributed by atoms with Gasteiger partial charge in [-0.3, -0.25) is 4.79 Å². The number of rotatable bonds is 2. The molecular formula is C18H14ClNO2. The molecule has 4 heteroatoms. The molecule has 3 aromatic rings. The van der Waals surface area contributed by atoms with E-state index in [0.29, 0.717) is 21.9 Å². The van der Waals surface area contributed by atoms with Crippen LogP contribution in [0.3, 0.4) is 0 Å². The third-order valence-corrected chi connectivity index (χ3v) is 4.31. The van der Waals surface area contributed by atoms with Crippen molar-refractivity contribution in [2.24, 2.45) is 0 Å². The van der Waals surface area contributed by atoms with E-state index in [2.05, 4.69) is 4.98 Å². The maximum atomic E-state index is 12.6. The van der Waals surface area contributed by atoms with E-state index in [-0.39, 0.29) is 5.43 Å². The van der Waals surface area contributed by atoms with E-state index < -0.39 is 0 Å². The maximum Gasteiger partial charge on any atom is 0.192 e. The highest BCUT2D eigenvalue weighted by Crippen LogP contribution is 2.27. The number of H-pyrrole nitrogens is 1. The first-order chi connectivity index (χ1) is 10.7. The summed E-state index contributed by atoms with van der Waals surface area (Å²) in [6, 6.07) is 12.7. The van der Waals surface area contributed by atoms with Gasteiger partial charge in [0.25, 0.3) is 0 Å². The van der Waals surface area contributed by atoms with Gasteiger partial charge in [-0.15, -0.1) is 0 Å². The largest absolute Gasteiger partial charge is 0.457 e. The van der Waals surface area contributed by atoms with Crippen LogP contribution in [0, 0.1) is 0 Å². The third kappa shape index (κ3) is 2.28. The van der Waals surface area contributed by atoms with Crippen LogP contribution in [0.15, 0.2) is 47.3 Å². The lowest BCUT2D eigenvalue weighted by molar-refractivity contribution is 0.483. The molecule has 1 N–H and O–H groups in total. The summed E-state index contributed by atoms with van der Waals surface area (Å²) in [6.07, 6.45) is 2.87. The van der Waals surface area contributed by atoms with Gasteiger partial charge >= 0.3 is 0 Å². The summed E-state index contributed by atoms with van der Waals surface area (Å²) in [5.41, 5.74) is 3.01. The Labute approximate surface area is 132 Å². The molecule has 0 saturated carbocycles. The molecule has 0 radical (unpaired) electrons.